The van der Waals surface area contributed by atoms with E-state index in [0.29, 0.717) is 19.4 Å². The van der Waals surface area contributed by atoms with E-state index in [1.54, 1.807) is 0 Å². The van der Waals surface area contributed by atoms with Gasteiger partial charge in [0, 0.05) is 37.1 Å². The van der Waals surface area contributed by atoms with Gasteiger partial charge in [-0.25, -0.2) is 0 Å². The Labute approximate surface area is 130 Å². The standard InChI is InChI=1S/C17H22N2O3/c1-3-10-19(12-17(21)22)16(20)9-8-13-11-18(2)15-7-5-4-6-14(13)15/h4-7,11H,3,8-10,12H2,1-2H3,(H,21,22). The molecule has 1 amide bonds. The predicted octanol–water partition coefficient (Wildman–Crippen LogP) is 2.43. The molecule has 22 heavy (non-hydrogen) atoms. The number of rotatable bonds is 7. The van der Waals surface area contributed by atoms with Crippen LogP contribution in [0.2, 0.25) is 0 Å². The van der Waals surface area contributed by atoms with Gasteiger partial charge < -0.3 is 14.6 Å². The minimum absolute atomic E-state index is 0.0998. The molecule has 0 fully saturated rings. The first-order valence-corrected chi connectivity index (χ1v) is 7.55. The van der Waals surface area contributed by atoms with Gasteiger partial charge in [0.1, 0.15) is 6.54 Å². The van der Waals surface area contributed by atoms with Gasteiger partial charge >= 0.3 is 5.97 Å². The number of amides is 1. The molecule has 0 spiro atoms. The SMILES string of the molecule is CCCN(CC(=O)O)C(=O)CCc1cn(C)c2ccccc12. The Bertz CT molecular complexity index is 676. The summed E-state index contributed by atoms with van der Waals surface area (Å²) in [5.41, 5.74) is 2.26. The van der Waals surface area contributed by atoms with Crippen LogP contribution in [0.5, 0.6) is 0 Å². The van der Waals surface area contributed by atoms with Gasteiger partial charge in [0.05, 0.1) is 0 Å². The molecular weight excluding hydrogens is 280 g/mol. The van der Waals surface area contributed by atoms with Crippen LogP contribution in [-0.2, 0) is 23.1 Å². The summed E-state index contributed by atoms with van der Waals surface area (Å²) in [6.45, 7) is 2.20. The molecular formula is C17H22N2O3. The molecule has 0 aliphatic heterocycles. The van der Waals surface area contributed by atoms with E-state index in [1.807, 2.05) is 32.3 Å². The zero-order valence-electron chi connectivity index (χ0n) is 13.1. The lowest BCUT2D eigenvalue weighted by Gasteiger charge is -2.19. The zero-order chi connectivity index (χ0) is 16.1. The Hall–Kier alpha value is -2.30. The number of nitrogens with zero attached hydrogens (tertiary/aromatic N) is 2. The number of aromatic nitrogens is 1. The molecule has 0 unspecified atom stereocenters. The van der Waals surface area contributed by atoms with Crippen LogP contribution in [0.15, 0.2) is 30.5 Å². The summed E-state index contributed by atoms with van der Waals surface area (Å²) in [4.78, 5) is 24.5. The van der Waals surface area contributed by atoms with E-state index in [2.05, 4.69) is 16.7 Å². The second kappa shape index (κ2) is 7.11. The van der Waals surface area contributed by atoms with Gasteiger partial charge in [-0.2, -0.15) is 0 Å². The molecule has 2 rings (SSSR count). The Balaban J connectivity index is 2.07. The van der Waals surface area contributed by atoms with Gasteiger partial charge in [-0.3, -0.25) is 9.59 Å². The molecule has 0 aliphatic rings. The molecule has 0 saturated heterocycles. The number of aryl methyl sites for hydroxylation is 2. The van der Waals surface area contributed by atoms with Crippen molar-refractivity contribution in [3.05, 3.63) is 36.0 Å². The van der Waals surface area contributed by atoms with Crippen LogP contribution in [0, 0.1) is 0 Å². The van der Waals surface area contributed by atoms with Gasteiger partial charge in [-0.05, 0) is 24.5 Å². The average Bonchev–Trinajstić information content (AvgIpc) is 2.81. The molecule has 1 N–H and O–H groups in total. The number of carboxylic acid groups (broad SMARTS) is 1. The number of carbonyl (C=O) groups is 2. The fourth-order valence-corrected chi connectivity index (χ4v) is 2.75. The molecule has 5 heteroatoms. The van der Waals surface area contributed by atoms with Crippen LogP contribution in [0.1, 0.15) is 25.3 Å². The minimum atomic E-state index is -0.966. The highest BCUT2D eigenvalue weighted by atomic mass is 16.4. The molecule has 1 aromatic carbocycles. The molecule has 118 valence electrons. The van der Waals surface area contributed by atoms with Crippen LogP contribution >= 0.6 is 0 Å². The normalized spacial score (nSPS) is 10.8. The minimum Gasteiger partial charge on any atom is -0.480 e. The maximum Gasteiger partial charge on any atom is 0.323 e. The van der Waals surface area contributed by atoms with Crippen molar-refractivity contribution >= 4 is 22.8 Å². The smallest absolute Gasteiger partial charge is 0.323 e. The van der Waals surface area contributed by atoms with E-state index in [0.717, 1.165) is 22.9 Å². The highest BCUT2D eigenvalue weighted by Gasteiger charge is 2.16. The van der Waals surface area contributed by atoms with Crippen molar-refractivity contribution in [2.45, 2.75) is 26.2 Å². The van der Waals surface area contributed by atoms with E-state index in [1.165, 1.54) is 4.90 Å². The third kappa shape index (κ3) is 3.67. The molecule has 0 bridgehead atoms. The summed E-state index contributed by atoms with van der Waals surface area (Å²) in [6, 6.07) is 8.08. The number of para-hydroxylation sites is 1. The van der Waals surface area contributed by atoms with Crippen LogP contribution in [0.3, 0.4) is 0 Å². The number of hydrogen-bond donors (Lipinski definition) is 1. The Morgan fingerprint density at radius 2 is 2.00 bits per heavy atom. The summed E-state index contributed by atoms with van der Waals surface area (Å²) < 4.78 is 2.05. The summed E-state index contributed by atoms with van der Waals surface area (Å²) in [7, 11) is 1.99. The summed E-state index contributed by atoms with van der Waals surface area (Å²) in [5.74, 6) is -1.07. The summed E-state index contributed by atoms with van der Waals surface area (Å²) in [6.07, 6.45) is 3.76. The van der Waals surface area contributed by atoms with Gasteiger partial charge in [-0.1, -0.05) is 25.1 Å². The summed E-state index contributed by atoms with van der Waals surface area (Å²) >= 11 is 0. The monoisotopic (exact) mass is 302 g/mol. The van der Waals surface area contributed by atoms with Crippen LogP contribution in [0.4, 0.5) is 0 Å². The third-order valence-electron chi connectivity index (χ3n) is 3.76. The van der Waals surface area contributed by atoms with Crippen molar-refractivity contribution in [2.75, 3.05) is 13.1 Å². The first-order valence-electron chi connectivity index (χ1n) is 7.55. The van der Waals surface area contributed by atoms with Crippen LogP contribution in [-0.4, -0.2) is 39.5 Å². The Kier molecular flexibility index (Phi) is 5.20. The number of carbonyl (C=O) groups excluding carboxylic acids is 1. The fourth-order valence-electron chi connectivity index (χ4n) is 2.75. The predicted molar refractivity (Wildman–Crippen MR) is 85.7 cm³/mol. The highest BCUT2D eigenvalue weighted by Crippen LogP contribution is 2.21. The van der Waals surface area contributed by atoms with Gasteiger partial charge in [-0.15, -0.1) is 0 Å². The van der Waals surface area contributed by atoms with Gasteiger partial charge in [0.2, 0.25) is 5.91 Å². The third-order valence-corrected chi connectivity index (χ3v) is 3.76. The second-order valence-corrected chi connectivity index (χ2v) is 5.49. The lowest BCUT2D eigenvalue weighted by atomic mass is 10.1. The molecule has 2 aromatic rings. The molecule has 0 aliphatic carbocycles. The van der Waals surface area contributed by atoms with Crippen LogP contribution in [0.25, 0.3) is 10.9 Å². The number of aliphatic carboxylic acids is 1. The topological polar surface area (TPSA) is 62.5 Å². The van der Waals surface area contributed by atoms with Crippen molar-refractivity contribution in [3.63, 3.8) is 0 Å². The van der Waals surface area contributed by atoms with E-state index >= 15 is 0 Å². The van der Waals surface area contributed by atoms with Gasteiger partial charge in [0.25, 0.3) is 0 Å². The molecule has 0 atom stereocenters. The first kappa shape index (κ1) is 16.1. The van der Waals surface area contributed by atoms with Crippen molar-refractivity contribution < 1.29 is 14.7 Å². The number of carboxylic acids is 1. The van der Waals surface area contributed by atoms with Crippen molar-refractivity contribution in [2.24, 2.45) is 7.05 Å². The number of fused-ring (bicyclic) bond motifs is 1. The Morgan fingerprint density at radius 1 is 1.27 bits per heavy atom. The molecule has 5 nitrogen and oxygen atoms in total. The lowest BCUT2D eigenvalue weighted by Crippen LogP contribution is -2.36. The van der Waals surface area contributed by atoms with Crippen molar-refractivity contribution in [1.82, 2.24) is 9.47 Å². The first-order chi connectivity index (χ1) is 10.5. The van der Waals surface area contributed by atoms with Crippen LogP contribution < -0.4 is 0 Å². The van der Waals surface area contributed by atoms with E-state index in [9.17, 15) is 9.59 Å². The largest absolute Gasteiger partial charge is 0.480 e. The van der Waals surface area contributed by atoms with Crippen molar-refractivity contribution in [1.29, 1.82) is 0 Å². The van der Waals surface area contributed by atoms with Gasteiger partial charge in [0.15, 0.2) is 0 Å². The second-order valence-electron chi connectivity index (χ2n) is 5.49. The average molecular weight is 302 g/mol. The molecule has 0 radical (unpaired) electrons. The maximum absolute atomic E-state index is 12.2. The quantitative estimate of drug-likeness (QED) is 0.854. The van der Waals surface area contributed by atoms with E-state index in [-0.39, 0.29) is 12.5 Å². The Morgan fingerprint density at radius 3 is 2.68 bits per heavy atom. The molecule has 0 saturated carbocycles. The van der Waals surface area contributed by atoms with Crippen molar-refractivity contribution in [3.8, 4) is 0 Å². The lowest BCUT2D eigenvalue weighted by molar-refractivity contribution is -0.144. The van der Waals surface area contributed by atoms with E-state index in [4.69, 9.17) is 5.11 Å². The van der Waals surface area contributed by atoms with E-state index < -0.39 is 5.97 Å². The highest BCUT2D eigenvalue weighted by molar-refractivity contribution is 5.85. The number of benzene rings is 1. The molecule has 1 aromatic heterocycles. The number of hydrogen-bond acceptors (Lipinski definition) is 2. The fraction of sp³-hybridized carbons (Fsp3) is 0.412. The molecule has 1 heterocycles. The summed E-state index contributed by atoms with van der Waals surface area (Å²) in [5, 5.41) is 10.0. The maximum atomic E-state index is 12.2. The zero-order valence-corrected chi connectivity index (χ0v) is 13.1.